The molecule has 170 valence electrons. The molecule has 0 spiro atoms. The standard InChI is InChI=1S/C23H21F2N5O3/c24-17-7-3-1-5-15(17)21(31)27-13-9-19-22(32)26-11-14(30(19)12-13)10-20-28-29-23(33-20)16-6-2-4-8-18(16)25/h1-8,13-14,19H,9-12H2,(H,26,32)(H,27,31)/t13-,14+,19-/m0/s1. The Morgan fingerprint density at radius 2 is 1.88 bits per heavy atom. The van der Waals surface area contributed by atoms with Crippen LogP contribution in [0.25, 0.3) is 11.5 Å². The van der Waals surface area contributed by atoms with Crippen molar-refractivity contribution in [3.8, 4) is 11.5 Å². The highest BCUT2D eigenvalue weighted by atomic mass is 19.1. The number of aromatic nitrogens is 2. The zero-order valence-electron chi connectivity index (χ0n) is 17.5. The van der Waals surface area contributed by atoms with Gasteiger partial charge in [0.05, 0.1) is 17.2 Å². The lowest BCUT2D eigenvalue weighted by molar-refractivity contribution is -0.129. The lowest BCUT2D eigenvalue weighted by Gasteiger charge is -2.36. The van der Waals surface area contributed by atoms with Crippen molar-refractivity contribution in [1.29, 1.82) is 0 Å². The molecule has 0 bridgehead atoms. The molecule has 3 heterocycles. The van der Waals surface area contributed by atoms with E-state index in [2.05, 4.69) is 20.8 Å². The minimum Gasteiger partial charge on any atom is -0.421 e. The maximum Gasteiger partial charge on any atom is 0.254 e. The summed E-state index contributed by atoms with van der Waals surface area (Å²) in [5.41, 5.74) is 0.193. The van der Waals surface area contributed by atoms with Crippen LogP contribution in [0, 0.1) is 11.6 Å². The van der Waals surface area contributed by atoms with Crippen LogP contribution < -0.4 is 10.6 Å². The first-order valence-corrected chi connectivity index (χ1v) is 10.7. The van der Waals surface area contributed by atoms with E-state index in [1.54, 1.807) is 24.3 Å². The molecule has 0 saturated carbocycles. The van der Waals surface area contributed by atoms with E-state index >= 15 is 0 Å². The molecule has 2 N–H and O–H groups in total. The molecule has 2 aliphatic rings. The fourth-order valence-electron chi connectivity index (χ4n) is 4.46. The molecule has 33 heavy (non-hydrogen) atoms. The summed E-state index contributed by atoms with van der Waals surface area (Å²) < 4.78 is 33.6. The summed E-state index contributed by atoms with van der Waals surface area (Å²) in [6, 6.07) is 11.0. The fourth-order valence-corrected chi connectivity index (χ4v) is 4.46. The van der Waals surface area contributed by atoms with Crippen LogP contribution in [0.4, 0.5) is 8.78 Å². The number of amides is 2. The lowest BCUT2D eigenvalue weighted by Crippen LogP contribution is -2.58. The first-order chi connectivity index (χ1) is 16.0. The molecule has 2 aliphatic heterocycles. The van der Waals surface area contributed by atoms with Crippen molar-refractivity contribution in [3.05, 3.63) is 71.6 Å². The molecule has 1 aromatic heterocycles. The van der Waals surface area contributed by atoms with Crippen molar-refractivity contribution in [2.24, 2.45) is 0 Å². The van der Waals surface area contributed by atoms with Crippen LogP contribution in [0.3, 0.4) is 0 Å². The Kier molecular flexibility index (Phi) is 5.59. The topological polar surface area (TPSA) is 100 Å². The minimum absolute atomic E-state index is 0.0325. The summed E-state index contributed by atoms with van der Waals surface area (Å²) >= 11 is 0. The van der Waals surface area contributed by atoms with Crippen LogP contribution in [0.5, 0.6) is 0 Å². The molecule has 2 amide bonds. The lowest BCUT2D eigenvalue weighted by atomic mass is 10.1. The van der Waals surface area contributed by atoms with Gasteiger partial charge in [-0.25, -0.2) is 8.78 Å². The molecule has 0 radical (unpaired) electrons. The number of benzene rings is 2. The zero-order valence-corrected chi connectivity index (χ0v) is 17.5. The van der Waals surface area contributed by atoms with E-state index in [0.29, 0.717) is 31.8 Å². The highest BCUT2D eigenvalue weighted by molar-refractivity contribution is 5.94. The molecule has 2 saturated heterocycles. The van der Waals surface area contributed by atoms with Gasteiger partial charge < -0.3 is 15.1 Å². The molecule has 3 aromatic rings. The Bertz CT molecular complexity index is 1200. The molecule has 0 unspecified atom stereocenters. The Morgan fingerprint density at radius 1 is 1.12 bits per heavy atom. The van der Waals surface area contributed by atoms with Crippen molar-refractivity contribution in [3.63, 3.8) is 0 Å². The summed E-state index contributed by atoms with van der Waals surface area (Å²) in [7, 11) is 0. The number of fused-ring (bicyclic) bond motifs is 1. The molecular weight excluding hydrogens is 432 g/mol. The molecule has 8 nitrogen and oxygen atoms in total. The van der Waals surface area contributed by atoms with Gasteiger partial charge in [-0.15, -0.1) is 10.2 Å². The van der Waals surface area contributed by atoms with Crippen LogP contribution in [-0.4, -0.2) is 58.1 Å². The van der Waals surface area contributed by atoms with E-state index in [-0.39, 0.29) is 35.0 Å². The van der Waals surface area contributed by atoms with E-state index in [0.717, 1.165) is 0 Å². The van der Waals surface area contributed by atoms with Crippen LogP contribution in [-0.2, 0) is 11.2 Å². The van der Waals surface area contributed by atoms with E-state index < -0.39 is 23.6 Å². The highest BCUT2D eigenvalue weighted by Crippen LogP contribution is 2.27. The van der Waals surface area contributed by atoms with Gasteiger partial charge in [0.15, 0.2) is 0 Å². The highest BCUT2D eigenvalue weighted by Gasteiger charge is 2.44. The average molecular weight is 453 g/mol. The molecule has 10 heteroatoms. The van der Waals surface area contributed by atoms with E-state index in [9.17, 15) is 18.4 Å². The average Bonchev–Trinajstić information content (AvgIpc) is 3.44. The smallest absolute Gasteiger partial charge is 0.254 e. The SMILES string of the molecule is O=C(N[C@H]1C[C@H]2C(=O)NC[C@@H](Cc3nnc(-c4ccccc4F)o3)N2C1)c1ccccc1F. The van der Waals surface area contributed by atoms with Gasteiger partial charge >= 0.3 is 0 Å². The van der Waals surface area contributed by atoms with Crippen molar-refractivity contribution in [2.45, 2.75) is 31.0 Å². The Labute approximate surface area is 188 Å². The maximum absolute atomic E-state index is 14.0. The zero-order chi connectivity index (χ0) is 22.9. The predicted octanol–water partition coefficient (Wildman–Crippen LogP) is 1.93. The molecule has 5 rings (SSSR count). The van der Waals surface area contributed by atoms with E-state index in [4.69, 9.17) is 4.42 Å². The van der Waals surface area contributed by atoms with Gasteiger partial charge in [0.2, 0.25) is 11.8 Å². The van der Waals surface area contributed by atoms with Gasteiger partial charge in [-0.3, -0.25) is 14.5 Å². The van der Waals surface area contributed by atoms with E-state index in [1.165, 1.54) is 24.3 Å². The van der Waals surface area contributed by atoms with Crippen LogP contribution in [0.15, 0.2) is 52.9 Å². The first-order valence-electron chi connectivity index (χ1n) is 10.7. The molecular formula is C23H21F2N5O3. The van der Waals surface area contributed by atoms with Gasteiger partial charge in [-0.1, -0.05) is 24.3 Å². The van der Waals surface area contributed by atoms with Crippen molar-refractivity contribution in [2.75, 3.05) is 13.1 Å². The summed E-state index contributed by atoms with van der Waals surface area (Å²) in [4.78, 5) is 26.9. The van der Waals surface area contributed by atoms with Crippen LogP contribution in [0.1, 0.15) is 22.7 Å². The van der Waals surface area contributed by atoms with Gasteiger partial charge in [-0.05, 0) is 30.7 Å². The van der Waals surface area contributed by atoms with Crippen molar-refractivity contribution < 1.29 is 22.8 Å². The molecule has 2 fully saturated rings. The van der Waals surface area contributed by atoms with Gasteiger partial charge in [0.1, 0.15) is 11.6 Å². The Hall–Kier alpha value is -3.66. The van der Waals surface area contributed by atoms with Crippen LogP contribution in [0.2, 0.25) is 0 Å². The number of hydrogen-bond acceptors (Lipinski definition) is 6. The largest absolute Gasteiger partial charge is 0.421 e. The van der Waals surface area contributed by atoms with Crippen molar-refractivity contribution >= 4 is 11.8 Å². The summed E-state index contributed by atoms with van der Waals surface area (Å²) in [5.74, 6) is -1.26. The minimum atomic E-state index is -0.594. The van der Waals surface area contributed by atoms with Gasteiger partial charge in [-0.2, -0.15) is 0 Å². The normalized spacial score (nSPS) is 22.6. The molecule has 2 aromatic carbocycles. The third-order valence-corrected chi connectivity index (χ3v) is 6.06. The number of rotatable bonds is 5. The predicted molar refractivity (Wildman–Crippen MR) is 113 cm³/mol. The van der Waals surface area contributed by atoms with Gasteiger partial charge in [0, 0.05) is 31.6 Å². The second-order valence-electron chi connectivity index (χ2n) is 8.18. The number of nitrogens with zero attached hydrogens (tertiary/aromatic N) is 3. The quantitative estimate of drug-likeness (QED) is 0.613. The second-order valence-corrected chi connectivity index (χ2v) is 8.18. The number of halogens is 2. The molecule has 0 aliphatic carbocycles. The van der Waals surface area contributed by atoms with Crippen molar-refractivity contribution in [1.82, 2.24) is 25.7 Å². The maximum atomic E-state index is 14.0. The third-order valence-electron chi connectivity index (χ3n) is 6.06. The second kappa shape index (κ2) is 8.70. The number of hydrogen-bond donors (Lipinski definition) is 2. The fraction of sp³-hybridized carbons (Fsp3) is 0.304. The van der Waals surface area contributed by atoms with Gasteiger partial charge in [0.25, 0.3) is 11.8 Å². The molecule has 3 atom stereocenters. The van der Waals surface area contributed by atoms with E-state index in [1.807, 2.05) is 4.90 Å². The summed E-state index contributed by atoms with van der Waals surface area (Å²) in [6.07, 6.45) is 0.763. The summed E-state index contributed by atoms with van der Waals surface area (Å²) in [6.45, 7) is 0.804. The number of carbonyl (C=O) groups is 2. The Balaban J connectivity index is 1.28. The monoisotopic (exact) mass is 453 g/mol. The Morgan fingerprint density at radius 3 is 2.67 bits per heavy atom. The van der Waals surface area contributed by atoms with Crippen LogP contribution >= 0.6 is 0 Å². The first kappa shape index (κ1) is 21.2. The summed E-state index contributed by atoms with van der Waals surface area (Å²) in [5, 5.41) is 13.7. The number of nitrogens with one attached hydrogen (secondary N) is 2. The number of carbonyl (C=O) groups excluding carboxylic acids is 2. The number of piperazine rings is 1. The third kappa shape index (κ3) is 4.21.